The molecule has 1 aromatic heterocycles. The molecule has 0 saturated heterocycles. The van der Waals surface area contributed by atoms with Gasteiger partial charge in [-0.3, -0.25) is 4.79 Å². The molecule has 0 saturated carbocycles. The highest BCUT2D eigenvalue weighted by atomic mass is 32.1. The predicted octanol–water partition coefficient (Wildman–Crippen LogP) is 4.98. The molecule has 3 rings (SSSR count). The summed E-state index contributed by atoms with van der Waals surface area (Å²) in [5, 5.41) is 3.20. The van der Waals surface area contributed by atoms with Crippen LogP contribution in [0.25, 0.3) is 11.3 Å². The van der Waals surface area contributed by atoms with E-state index < -0.39 is 11.6 Å². The molecule has 0 atom stereocenters. The van der Waals surface area contributed by atoms with Crippen molar-refractivity contribution in [3.8, 4) is 17.0 Å². The highest BCUT2D eigenvalue weighted by molar-refractivity contribution is 7.16. The number of halogens is 2. The van der Waals surface area contributed by atoms with Gasteiger partial charge in [-0.25, -0.2) is 13.8 Å². The van der Waals surface area contributed by atoms with Crippen LogP contribution in [0.3, 0.4) is 0 Å². The maximum atomic E-state index is 13.4. The first-order valence-electron chi connectivity index (χ1n) is 8.32. The number of aryl methyl sites for hydroxylation is 2. The number of carbonyl (C=O) groups excluding carboxylic acids is 1. The number of hydrogen-bond acceptors (Lipinski definition) is 4. The number of rotatable bonds is 6. The summed E-state index contributed by atoms with van der Waals surface area (Å²) in [6.07, 6.45) is 0.904. The van der Waals surface area contributed by atoms with Gasteiger partial charge in [-0.2, -0.15) is 0 Å². The number of methoxy groups -OCH3 is 1. The number of amides is 1. The highest BCUT2D eigenvalue weighted by Gasteiger charge is 2.14. The van der Waals surface area contributed by atoms with Crippen LogP contribution < -0.4 is 10.1 Å². The fraction of sp³-hybridized carbons (Fsp3) is 0.200. The second-order valence-corrected chi connectivity index (χ2v) is 7.15. The summed E-state index contributed by atoms with van der Waals surface area (Å²) < 4.78 is 31.7. The Hall–Kier alpha value is -2.80. The van der Waals surface area contributed by atoms with E-state index in [-0.39, 0.29) is 5.91 Å². The summed E-state index contributed by atoms with van der Waals surface area (Å²) in [6, 6.07) is 11.2. The fourth-order valence-corrected chi connectivity index (χ4v) is 3.44. The smallest absolute Gasteiger partial charge is 0.226 e. The molecule has 0 radical (unpaired) electrons. The average molecular weight is 388 g/mol. The first-order chi connectivity index (χ1) is 13.0. The number of nitrogens with one attached hydrogen (secondary N) is 1. The number of carbonyl (C=O) groups is 1. The van der Waals surface area contributed by atoms with Crippen LogP contribution in [-0.2, 0) is 11.2 Å². The largest absolute Gasteiger partial charge is 0.497 e. The van der Waals surface area contributed by atoms with Crippen molar-refractivity contribution in [2.75, 3.05) is 12.4 Å². The van der Waals surface area contributed by atoms with Crippen molar-refractivity contribution in [3.63, 3.8) is 0 Å². The summed E-state index contributed by atoms with van der Waals surface area (Å²) >= 11 is 1.30. The maximum absolute atomic E-state index is 13.4. The van der Waals surface area contributed by atoms with E-state index >= 15 is 0 Å². The van der Waals surface area contributed by atoms with Crippen molar-refractivity contribution in [2.45, 2.75) is 19.8 Å². The van der Waals surface area contributed by atoms with Crippen LogP contribution in [-0.4, -0.2) is 18.0 Å². The summed E-state index contributed by atoms with van der Waals surface area (Å²) in [4.78, 5) is 17.3. The lowest BCUT2D eigenvalue weighted by molar-refractivity contribution is -0.116. The molecule has 27 heavy (non-hydrogen) atoms. The van der Waals surface area contributed by atoms with Gasteiger partial charge < -0.3 is 10.1 Å². The van der Waals surface area contributed by atoms with Gasteiger partial charge in [0, 0.05) is 16.9 Å². The van der Waals surface area contributed by atoms with E-state index in [1.54, 1.807) is 7.11 Å². The van der Waals surface area contributed by atoms with Gasteiger partial charge in [0.1, 0.15) is 5.75 Å². The van der Waals surface area contributed by atoms with E-state index in [1.807, 2.05) is 31.2 Å². The van der Waals surface area contributed by atoms with E-state index in [0.717, 1.165) is 28.3 Å². The average Bonchev–Trinajstić information content (AvgIpc) is 3.02. The molecule has 1 heterocycles. The number of thiazole rings is 1. The van der Waals surface area contributed by atoms with Crippen molar-refractivity contribution < 1.29 is 18.3 Å². The molecule has 0 aliphatic heterocycles. The summed E-state index contributed by atoms with van der Waals surface area (Å²) in [7, 11) is 1.60. The predicted molar refractivity (Wildman–Crippen MR) is 102 cm³/mol. The van der Waals surface area contributed by atoms with Gasteiger partial charge in [0.15, 0.2) is 16.8 Å². The Balaban J connectivity index is 1.63. The van der Waals surface area contributed by atoms with Crippen molar-refractivity contribution in [2.24, 2.45) is 0 Å². The van der Waals surface area contributed by atoms with E-state index in [2.05, 4.69) is 10.3 Å². The van der Waals surface area contributed by atoms with E-state index in [4.69, 9.17) is 4.74 Å². The number of ether oxygens (including phenoxy) is 1. The Morgan fingerprint density at radius 2 is 1.89 bits per heavy atom. The minimum absolute atomic E-state index is 0.156. The van der Waals surface area contributed by atoms with Gasteiger partial charge in [-0.1, -0.05) is 12.1 Å². The number of anilines is 1. The Morgan fingerprint density at radius 1 is 1.15 bits per heavy atom. The van der Waals surface area contributed by atoms with E-state index in [0.29, 0.717) is 29.2 Å². The standard InChI is InChI=1S/C20H18F2N2O2S/c1-12-19(14-6-9-16(21)17(22)11-14)24-20(27-12)23-18(25)10-5-13-3-7-15(26-2)8-4-13/h3-4,6-9,11H,5,10H2,1-2H3,(H,23,24,25). The molecule has 1 amide bonds. The topological polar surface area (TPSA) is 51.2 Å². The quantitative estimate of drug-likeness (QED) is 0.648. The first kappa shape index (κ1) is 19.0. The lowest BCUT2D eigenvalue weighted by atomic mass is 10.1. The van der Waals surface area contributed by atoms with Crippen molar-refractivity contribution >= 4 is 22.4 Å². The van der Waals surface area contributed by atoms with Crippen molar-refractivity contribution in [3.05, 3.63) is 64.5 Å². The van der Waals surface area contributed by atoms with Gasteiger partial charge in [0.05, 0.1) is 12.8 Å². The molecule has 2 aromatic carbocycles. The van der Waals surface area contributed by atoms with Crippen LogP contribution in [0.5, 0.6) is 5.75 Å². The molecule has 3 aromatic rings. The molecule has 4 nitrogen and oxygen atoms in total. The third-order valence-electron chi connectivity index (χ3n) is 4.04. The Labute approximate surface area is 159 Å². The number of aromatic nitrogens is 1. The normalized spacial score (nSPS) is 10.7. The van der Waals surface area contributed by atoms with Crippen LogP contribution in [0.1, 0.15) is 16.9 Å². The molecule has 0 spiro atoms. The highest BCUT2D eigenvalue weighted by Crippen LogP contribution is 2.31. The molecule has 1 N–H and O–H groups in total. The molecule has 7 heteroatoms. The van der Waals surface area contributed by atoms with E-state index in [9.17, 15) is 13.6 Å². The number of hydrogen-bond donors (Lipinski definition) is 1. The molecular formula is C20H18F2N2O2S. The number of nitrogens with zero attached hydrogens (tertiary/aromatic N) is 1. The first-order valence-corrected chi connectivity index (χ1v) is 9.13. The van der Waals surface area contributed by atoms with Crippen LogP contribution in [0, 0.1) is 18.6 Å². The minimum Gasteiger partial charge on any atom is -0.497 e. The zero-order valence-corrected chi connectivity index (χ0v) is 15.7. The summed E-state index contributed by atoms with van der Waals surface area (Å²) in [5.74, 6) is -1.22. The molecule has 0 aliphatic carbocycles. The van der Waals surface area contributed by atoms with Gasteiger partial charge in [0.25, 0.3) is 0 Å². The van der Waals surface area contributed by atoms with Crippen LogP contribution in [0.2, 0.25) is 0 Å². The monoisotopic (exact) mass is 388 g/mol. The Kier molecular flexibility index (Phi) is 5.81. The van der Waals surface area contributed by atoms with Gasteiger partial charge in [-0.05, 0) is 49.2 Å². The zero-order valence-electron chi connectivity index (χ0n) is 14.9. The second kappa shape index (κ2) is 8.26. The van der Waals surface area contributed by atoms with Crippen molar-refractivity contribution in [1.82, 2.24) is 4.98 Å². The zero-order chi connectivity index (χ0) is 19.4. The third kappa shape index (κ3) is 4.68. The lowest BCUT2D eigenvalue weighted by Gasteiger charge is -2.04. The summed E-state index contributed by atoms with van der Waals surface area (Å²) in [5.41, 5.74) is 2.04. The Morgan fingerprint density at radius 3 is 2.56 bits per heavy atom. The fourth-order valence-electron chi connectivity index (χ4n) is 2.59. The molecule has 0 unspecified atom stereocenters. The van der Waals surface area contributed by atoms with E-state index in [1.165, 1.54) is 17.4 Å². The Bertz CT molecular complexity index is 955. The maximum Gasteiger partial charge on any atom is 0.226 e. The van der Waals surface area contributed by atoms with Crippen LogP contribution in [0.15, 0.2) is 42.5 Å². The molecular weight excluding hydrogens is 370 g/mol. The molecule has 0 bridgehead atoms. The van der Waals surface area contributed by atoms with Gasteiger partial charge >= 0.3 is 0 Å². The number of benzene rings is 2. The SMILES string of the molecule is COc1ccc(CCC(=O)Nc2nc(-c3ccc(F)c(F)c3)c(C)s2)cc1. The lowest BCUT2D eigenvalue weighted by Crippen LogP contribution is -2.12. The minimum atomic E-state index is -0.926. The second-order valence-electron chi connectivity index (χ2n) is 5.95. The van der Waals surface area contributed by atoms with Crippen LogP contribution in [0.4, 0.5) is 13.9 Å². The van der Waals surface area contributed by atoms with Gasteiger partial charge in [0.2, 0.25) is 5.91 Å². The molecule has 0 aliphatic rings. The van der Waals surface area contributed by atoms with Gasteiger partial charge in [-0.15, -0.1) is 11.3 Å². The molecule has 0 fully saturated rings. The third-order valence-corrected chi connectivity index (χ3v) is 4.92. The summed E-state index contributed by atoms with van der Waals surface area (Å²) in [6.45, 7) is 1.82. The van der Waals surface area contributed by atoms with Crippen LogP contribution >= 0.6 is 11.3 Å². The van der Waals surface area contributed by atoms with Crippen molar-refractivity contribution in [1.29, 1.82) is 0 Å². The molecule has 140 valence electrons.